The van der Waals surface area contributed by atoms with Crippen molar-refractivity contribution in [1.82, 2.24) is 0 Å². The van der Waals surface area contributed by atoms with Gasteiger partial charge in [-0.05, 0) is 36.1 Å². The molecule has 0 bridgehead atoms. The third kappa shape index (κ3) is 2.38. The quantitative estimate of drug-likeness (QED) is 0.519. The van der Waals surface area contributed by atoms with Crippen LogP contribution in [-0.2, 0) is 12.8 Å². The molecular weight excluding hydrogens is 272 g/mol. The van der Waals surface area contributed by atoms with E-state index in [9.17, 15) is 0 Å². The summed E-state index contributed by atoms with van der Waals surface area (Å²) >= 11 is 1.97. The summed E-state index contributed by atoms with van der Waals surface area (Å²) in [5.41, 5.74) is 5.68. The zero-order chi connectivity index (χ0) is 14.1. The lowest BCUT2D eigenvalue weighted by molar-refractivity contribution is 0.916. The third-order valence-corrected chi connectivity index (χ3v) is 5.41. The smallest absolute Gasteiger partial charge is 0.0622 e. The van der Waals surface area contributed by atoms with Crippen LogP contribution in [0.2, 0.25) is 0 Å². The van der Waals surface area contributed by atoms with Gasteiger partial charge in [-0.2, -0.15) is 0 Å². The molecule has 4 rings (SSSR count). The average molecular weight is 289 g/mol. The van der Waals surface area contributed by atoms with Crippen LogP contribution >= 0.6 is 11.3 Å². The summed E-state index contributed by atoms with van der Waals surface area (Å²) in [4.78, 5) is 2.96. The van der Waals surface area contributed by atoms with Crippen LogP contribution in [0.4, 0.5) is 0 Å². The number of fused-ring (bicyclic) bond motifs is 1. The molecular formula is C20H17S+. The van der Waals surface area contributed by atoms with E-state index in [0.717, 1.165) is 0 Å². The van der Waals surface area contributed by atoms with E-state index in [1.165, 1.54) is 40.8 Å². The molecule has 0 aliphatic heterocycles. The molecule has 1 heteroatoms. The number of hydrogen-bond acceptors (Lipinski definition) is 0. The van der Waals surface area contributed by atoms with Crippen LogP contribution in [0.15, 0.2) is 66.7 Å². The zero-order valence-corrected chi connectivity index (χ0v) is 12.7. The topological polar surface area (TPSA) is 0 Å². The minimum atomic E-state index is 1.23. The first-order valence-electron chi connectivity index (χ1n) is 7.51. The normalized spacial score (nSPS) is 13.1. The molecule has 0 spiro atoms. The van der Waals surface area contributed by atoms with Gasteiger partial charge >= 0.3 is 0 Å². The monoisotopic (exact) mass is 289 g/mol. The molecule has 0 saturated heterocycles. The highest BCUT2D eigenvalue weighted by Gasteiger charge is 2.27. The first-order valence-corrected chi connectivity index (χ1v) is 8.33. The van der Waals surface area contributed by atoms with Crippen LogP contribution in [0.25, 0.3) is 21.6 Å². The van der Waals surface area contributed by atoms with Gasteiger partial charge in [-0.25, -0.2) is 0 Å². The highest BCUT2D eigenvalue weighted by Crippen LogP contribution is 2.40. The zero-order valence-electron chi connectivity index (χ0n) is 11.9. The van der Waals surface area contributed by atoms with Gasteiger partial charge in [-0.1, -0.05) is 48.5 Å². The van der Waals surface area contributed by atoms with Crippen LogP contribution in [0.1, 0.15) is 16.9 Å². The number of benzene rings is 2. The molecule has 0 saturated carbocycles. The van der Waals surface area contributed by atoms with E-state index < -0.39 is 0 Å². The second-order valence-corrected chi connectivity index (χ2v) is 6.65. The molecule has 0 fully saturated rings. The fourth-order valence-electron chi connectivity index (χ4n) is 3.11. The van der Waals surface area contributed by atoms with Crippen LogP contribution in [0.3, 0.4) is 0 Å². The second kappa shape index (κ2) is 5.42. The predicted octanol–water partition coefficient (Wildman–Crippen LogP) is 5.85. The lowest BCUT2D eigenvalue weighted by Crippen LogP contribution is -1.88. The van der Waals surface area contributed by atoms with Crippen LogP contribution < -0.4 is 0 Å². The van der Waals surface area contributed by atoms with Gasteiger partial charge in [0.25, 0.3) is 0 Å². The molecule has 3 aromatic rings. The Morgan fingerprint density at radius 2 is 1.38 bits per heavy atom. The molecule has 1 aliphatic carbocycles. The predicted molar refractivity (Wildman–Crippen MR) is 91.6 cm³/mol. The minimum absolute atomic E-state index is 1.23. The largest absolute Gasteiger partial charge is 0.238 e. The van der Waals surface area contributed by atoms with E-state index in [0.29, 0.717) is 0 Å². The lowest BCUT2D eigenvalue weighted by Gasteiger charge is -2.05. The Hall–Kier alpha value is -1.99. The fourth-order valence-corrected chi connectivity index (χ4v) is 4.39. The maximum atomic E-state index is 2.39. The highest BCUT2D eigenvalue weighted by atomic mass is 32.1. The van der Waals surface area contributed by atoms with Crippen molar-refractivity contribution in [2.45, 2.75) is 19.3 Å². The summed E-state index contributed by atoms with van der Waals surface area (Å²) in [6.45, 7) is 0. The molecule has 0 unspecified atom stereocenters. The van der Waals surface area contributed by atoms with Gasteiger partial charge in [0.15, 0.2) is 0 Å². The van der Waals surface area contributed by atoms with Gasteiger partial charge in [-0.15, -0.1) is 0 Å². The van der Waals surface area contributed by atoms with Crippen molar-refractivity contribution in [2.24, 2.45) is 0 Å². The van der Waals surface area contributed by atoms with Crippen molar-refractivity contribution in [3.8, 4) is 21.6 Å². The molecule has 1 aliphatic rings. The summed E-state index contributed by atoms with van der Waals surface area (Å²) < 4.78 is 0. The summed E-state index contributed by atoms with van der Waals surface area (Å²) in [5, 5.41) is 0. The molecule has 1 heterocycles. The summed E-state index contributed by atoms with van der Waals surface area (Å²) in [7, 11) is 0. The Morgan fingerprint density at radius 3 is 2.10 bits per heavy atom. The highest BCUT2D eigenvalue weighted by molar-refractivity contribution is 7.15. The van der Waals surface area contributed by atoms with Crippen LogP contribution in [0, 0.1) is 0 Å². The summed E-state index contributed by atoms with van der Waals surface area (Å²) in [6, 6.07) is 24.0. The molecule has 102 valence electrons. The average Bonchev–Trinajstić information content (AvgIpc) is 3.04. The second-order valence-electron chi connectivity index (χ2n) is 5.51. The van der Waals surface area contributed by atoms with E-state index in [1.807, 2.05) is 11.3 Å². The van der Waals surface area contributed by atoms with Crippen molar-refractivity contribution in [3.63, 3.8) is 0 Å². The van der Waals surface area contributed by atoms with Gasteiger partial charge in [0.2, 0.25) is 21.1 Å². The Bertz CT molecular complexity index is 761. The van der Waals surface area contributed by atoms with Gasteiger partial charge in [0.1, 0.15) is 0 Å². The Balaban J connectivity index is 1.92. The van der Waals surface area contributed by atoms with E-state index in [4.69, 9.17) is 0 Å². The fraction of sp³-hybridized carbons (Fsp3) is 0.150. The third-order valence-electron chi connectivity index (χ3n) is 4.14. The number of hydrogen-bond donors (Lipinski definition) is 0. The molecule has 0 amide bonds. The van der Waals surface area contributed by atoms with E-state index >= 15 is 0 Å². The van der Waals surface area contributed by atoms with Gasteiger partial charge in [0, 0.05) is 23.6 Å². The van der Waals surface area contributed by atoms with Crippen LogP contribution in [0.5, 0.6) is 0 Å². The SMILES string of the molecule is c1ccc(-c2cc(-c3ccccc3)c3c([s+]2)CCC3)cc1. The Kier molecular flexibility index (Phi) is 3.28. The molecule has 0 radical (unpaired) electrons. The van der Waals surface area contributed by atoms with Crippen molar-refractivity contribution in [1.29, 1.82) is 0 Å². The van der Waals surface area contributed by atoms with E-state index in [-0.39, 0.29) is 0 Å². The molecule has 2 aromatic carbocycles. The first-order chi connectivity index (χ1) is 10.4. The molecule has 0 nitrogen and oxygen atoms in total. The maximum absolute atomic E-state index is 2.39. The van der Waals surface area contributed by atoms with Crippen molar-refractivity contribution >= 4 is 11.3 Å². The summed E-state index contributed by atoms with van der Waals surface area (Å²) in [5.74, 6) is 0. The molecule has 0 atom stereocenters. The molecule has 0 N–H and O–H groups in total. The van der Waals surface area contributed by atoms with Crippen molar-refractivity contribution in [2.75, 3.05) is 0 Å². The molecule has 1 aromatic heterocycles. The minimum Gasteiger partial charge on any atom is -0.0622 e. The lowest BCUT2D eigenvalue weighted by atomic mass is 10.00. The Morgan fingerprint density at radius 1 is 0.714 bits per heavy atom. The van der Waals surface area contributed by atoms with Gasteiger partial charge < -0.3 is 0 Å². The standard InChI is InChI=1S/C20H17S/c1-3-8-15(9-4-1)18-14-20(16-10-5-2-6-11-16)21-19-13-7-12-17(18)19/h1-6,8-11,14H,7,12-13H2/q+1. The molecule has 21 heavy (non-hydrogen) atoms. The maximum Gasteiger partial charge on any atom is 0.238 e. The van der Waals surface area contributed by atoms with Gasteiger partial charge in [0.05, 0.1) is 0 Å². The summed E-state index contributed by atoms with van der Waals surface area (Å²) in [6.07, 6.45) is 3.76. The first kappa shape index (κ1) is 12.7. The van der Waals surface area contributed by atoms with Gasteiger partial charge in [-0.3, -0.25) is 0 Å². The van der Waals surface area contributed by atoms with Crippen molar-refractivity contribution < 1.29 is 0 Å². The van der Waals surface area contributed by atoms with Crippen LogP contribution in [-0.4, -0.2) is 0 Å². The number of rotatable bonds is 2. The Labute approximate surface area is 129 Å². The van der Waals surface area contributed by atoms with E-state index in [2.05, 4.69) is 66.7 Å². The van der Waals surface area contributed by atoms with E-state index in [1.54, 1.807) is 10.4 Å². The van der Waals surface area contributed by atoms with Crippen molar-refractivity contribution in [3.05, 3.63) is 77.2 Å². The number of aryl methyl sites for hydroxylation is 1.